The van der Waals surface area contributed by atoms with Gasteiger partial charge in [-0.2, -0.15) is 0 Å². The Labute approximate surface area is 331 Å². The van der Waals surface area contributed by atoms with Crippen LogP contribution in [0.1, 0.15) is 80.4 Å². The smallest absolute Gasteiger partial charge is 0.408 e. The number of ether oxygens (including phenoxy) is 5. The first-order valence-electron chi connectivity index (χ1n) is 19.2. The lowest BCUT2D eigenvalue weighted by molar-refractivity contribution is -0.296. The summed E-state index contributed by atoms with van der Waals surface area (Å²) in [6.45, 7) is 11.7. The number of aliphatic hydroxyl groups is 1. The van der Waals surface area contributed by atoms with Crippen molar-refractivity contribution in [1.29, 1.82) is 0 Å². The number of aliphatic hydroxyl groups excluding tert-OH is 1. The van der Waals surface area contributed by atoms with Gasteiger partial charge in [0.25, 0.3) is 5.67 Å². The number of fused-ring (bicyclic) bond motifs is 1. The topological polar surface area (TPSA) is 202 Å². The summed E-state index contributed by atoms with van der Waals surface area (Å²) in [7, 11) is 3.60. The summed E-state index contributed by atoms with van der Waals surface area (Å²) in [6, 6.07) is 1.81. The highest BCUT2D eigenvalue weighted by atomic mass is 19.1. The normalized spacial score (nSPS) is 38.0. The molecule has 3 saturated heterocycles. The second kappa shape index (κ2) is 17.3. The summed E-state index contributed by atoms with van der Waals surface area (Å²) < 4.78 is 52.7. The average Bonchev–Trinajstić information content (AvgIpc) is 3.77. The van der Waals surface area contributed by atoms with Crippen LogP contribution in [0.4, 0.5) is 9.18 Å². The van der Waals surface area contributed by atoms with Crippen LogP contribution >= 0.6 is 0 Å². The second-order valence-electron chi connectivity index (χ2n) is 16.1. The Morgan fingerprint density at radius 2 is 1.75 bits per heavy atom. The minimum absolute atomic E-state index is 0.0697. The number of amides is 1. The Hall–Kier alpha value is -4.34. The van der Waals surface area contributed by atoms with E-state index < -0.39 is 95.3 Å². The number of carbonyl (C=O) groups excluding carboxylic acids is 4. The first-order chi connectivity index (χ1) is 26.7. The molecule has 0 bridgehead atoms. The van der Waals surface area contributed by atoms with Crippen molar-refractivity contribution in [3.63, 3.8) is 0 Å². The number of carbonyl (C=O) groups is 4. The van der Waals surface area contributed by atoms with E-state index in [0.717, 1.165) is 6.92 Å². The molecule has 1 amide bonds. The predicted octanol–water partition coefficient (Wildman–Crippen LogP) is 3.44. The second-order valence-corrected chi connectivity index (χ2v) is 16.1. The van der Waals surface area contributed by atoms with E-state index in [1.807, 2.05) is 11.8 Å². The molecular weight excluding hydrogens is 745 g/mol. The van der Waals surface area contributed by atoms with Crippen LogP contribution in [0, 0.1) is 29.6 Å². The lowest BCUT2D eigenvalue weighted by Crippen LogP contribution is -2.61. The Morgan fingerprint density at radius 3 is 2.40 bits per heavy atom. The van der Waals surface area contributed by atoms with Crippen molar-refractivity contribution in [3.05, 3.63) is 30.3 Å². The van der Waals surface area contributed by atoms with Crippen molar-refractivity contribution < 1.29 is 56.9 Å². The monoisotopic (exact) mass is 799 g/mol. The van der Waals surface area contributed by atoms with Crippen LogP contribution in [0.2, 0.25) is 0 Å². The number of rotatable bonds is 7. The van der Waals surface area contributed by atoms with Gasteiger partial charge in [-0.05, 0) is 73.0 Å². The molecule has 0 aromatic carbocycles. The van der Waals surface area contributed by atoms with Gasteiger partial charge in [-0.15, -0.1) is 0 Å². The third kappa shape index (κ3) is 9.05. The SMILES string of the molecule is CC[C@H]1OC(=O)C(C)(F)C(=O)[C@H](C)[C@@H](O[C@@H]2O[C@H](C)C[C@H](N(C)C)[C@H]2O)[C@](C)(OCC#Cc2cc(-c3ncccn3)no2)C[C@@H](C)C(=O)[C@H](C)[C@H]2NC(=O)O[C@@]21C. The molecule has 3 aliphatic heterocycles. The van der Waals surface area contributed by atoms with Gasteiger partial charge in [-0.1, -0.05) is 38.8 Å². The summed E-state index contributed by atoms with van der Waals surface area (Å²) in [6.07, 6.45) is -2.91. The molecule has 57 heavy (non-hydrogen) atoms. The van der Waals surface area contributed by atoms with Gasteiger partial charge in [0.2, 0.25) is 5.76 Å². The van der Waals surface area contributed by atoms with Crippen LogP contribution in [0.5, 0.6) is 0 Å². The maximum absolute atomic E-state index is 16.8. The van der Waals surface area contributed by atoms with Crippen LogP contribution in [0.25, 0.3) is 11.5 Å². The molecule has 1 unspecified atom stereocenters. The van der Waals surface area contributed by atoms with E-state index >= 15 is 4.39 Å². The predicted molar refractivity (Wildman–Crippen MR) is 200 cm³/mol. The van der Waals surface area contributed by atoms with Crippen molar-refractivity contribution >= 4 is 23.6 Å². The molecule has 0 spiro atoms. The van der Waals surface area contributed by atoms with Gasteiger partial charge in [0.1, 0.15) is 24.6 Å². The number of cyclic esters (lactones) is 1. The third-order valence-electron chi connectivity index (χ3n) is 11.5. The zero-order valence-corrected chi connectivity index (χ0v) is 34.1. The number of hydrogen-bond acceptors (Lipinski definition) is 15. The van der Waals surface area contributed by atoms with Crippen LogP contribution in [-0.2, 0) is 38.1 Å². The van der Waals surface area contributed by atoms with Gasteiger partial charge in [0.15, 0.2) is 29.2 Å². The molecule has 3 fully saturated rings. The minimum atomic E-state index is -3.23. The Balaban J connectivity index is 1.57. The maximum Gasteiger partial charge on any atom is 0.408 e. The highest BCUT2D eigenvalue weighted by Crippen LogP contribution is 2.41. The number of nitrogens with one attached hydrogen (secondary N) is 1. The summed E-state index contributed by atoms with van der Waals surface area (Å²) in [5.41, 5.74) is -6.11. The van der Waals surface area contributed by atoms with Gasteiger partial charge < -0.3 is 43.5 Å². The number of ketones is 2. The first kappa shape index (κ1) is 43.8. The van der Waals surface area contributed by atoms with Crippen molar-refractivity contribution in [1.82, 2.24) is 25.3 Å². The van der Waals surface area contributed by atoms with Crippen LogP contribution in [0.3, 0.4) is 0 Å². The summed E-state index contributed by atoms with van der Waals surface area (Å²) in [5, 5.41) is 18.2. The number of halogens is 1. The fraction of sp³-hybridized carbons (Fsp3) is 0.675. The highest BCUT2D eigenvalue weighted by molar-refractivity contribution is 6.08. The zero-order chi connectivity index (χ0) is 42.0. The van der Waals surface area contributed by atoms with Crippen molar-refractivity contribution in [2.45, 2.75) is 134 Å². The number of nitrogens with zero attached hydrogens (tertiary/aromatic N) is 4. The lowest BCUT2D eigenvalue weighted by atomic mass is 9.73. The molecule has 5 heterocycles. The van der Waals surface area contributed by atoms with Gasteiger partial charge in [0.05, 0.1) is 23.9 Å². The largest absolute Gasteiger partial charge is 0.455 e. The molecule has 13 atom stereocenters. The van der Waals surface area contributed by atoms with Gasteiger partial charge in [-0.3, -0.25) is 9.59 Å². The average molecular weight is 800 g/mol. The molecule has 3 aliphatic rings. The Kier molecular flexibility index (Phi) is 13.3. The molecular formula is C40H54FN5O11. The quantitative estimate of drug-likeness (QED) is 0.234. The lowest BCUT2D eigenvalue weighted by Gasteiger charge is -2.47. The fourth-order valence-corrected chi connectivity index (χ4v) is 8.33. The van der Waals surface area contributed by atoms with Crippen LogP contribution in [-0.4, -0.2) is 129 Å². The summed E-state index contributed by atoms with van der Waals surface area (Å²) in [4.78, 5) is 65.3. The number of esters is 1. The van der Waals surface area contributed by atoms with Crippen molar-refractivity contribution in [3.8, 4) is 23.4 Å². The molecule has 0 radical (unpaired) electrons. The molecule has 2 aromatic rings. The number of Topliss-reactive ketones (excluding diaryl/α,β-unsaturated/α-hetero) is 2. The van der Waals surface area contributed by atoms with E-state index in [0.29, 0.717) is 17.9 Å². The van der Waals surface area contributed by atoms with Crippen molar-refractivity contribution in [2.75, 3.05) is 20.7 Å². The van der Waals surface area contributed by atoms with Crippen molar-refractivity contribution in [2.24, 2.45) is 17.8 Å². The molecule has 16 nitrogen and oxygen atoms in total. The van der Waals surface area contributed by atoms with Gasteiger partial charge >= 0.3 is 12.1 Å². The number of alkyl halides is 1. The van der Waals surface area contributed by atoms with Crippen LogP contribution < -0.4 is 5.32 Å². The van der Waals surface area contributed by atoms with Gasteiger partial charge in [-0.25, -0.2) is 23.9 Å². The van der Waals surface area contributed by atoms with E-state index in [1.165, 1.54) is 13.8 Å². The van der Waals surface area contributed by atoms with E-state index in [-0.39, 0.29) is 31.0 Å². The van der Waals surface area contributed by atoms with E-state index in [2.05, 4.69) is 32.3 Å². The third-order valence-corrected chi connectivity index (χ3v) is 11.5. The number of alkyl carbamates (subject to hydrolysis) is 1. The Bertz CT molecular complexity index is 1850. The highest BCUT2D eigenvalue weighted by Gasteiger charge is 2.59. The van der Waals surface area contributed by atoms with E-state index in [9.17, 15) is 24.3 Å². The standard InChI is InChI=1S/C40H54FN5O11/c1-11-28-40(8)31(44-37(51)56-40)23(4)29(47)21(2)20-38(6,52-17-12-14-25-19-26(45-57-25)34-42-15-13-16-43-34)33(24(5)32(49)39(7,41)36(50)54-28)55-35-30(48)27(46(9)10)18-22(3)53-35/h13,15-16,19,21-24,27-28,30-31,33,35,48H,11,17-18,20H2,1-10H3,(H,44,51)/t21-,22-,23+,24+,27+,28-,30-,31-,33-,35+,38-,39?,40-/m1/s1. The molecule has 0 aliphatic carbocycles. The number of hydrogen-bond donors (Lipinski definition) is 2. The molecule has 0 saturated carbocycles. The first-order valence-corrected chi connectivity index (χ1v) is 19.2. The van der Waals surface area contributed by atoms with Crippen LogP contribution in [0.15, 0.2) is 29.0 Å². The maximum atomic E-state index is 16.8. The molecule has 5 rings (SSSR count). The number of likely N-dealkylation sites (N-methyl/N-ethyl adjacent to an activating group) is 1. The molecule has 2 aromatic heterocycles. The number of aromatic nitrogens is 3. The Morgan fingerprint density at radius 1 is 1.07 bits per heavy atom. The van der Waals surface area contributed by atoms with E-state index in [4.69, 9.17) is 28.2 Å². The fourth-order valence-electron chi connectivity index (χ4n) is 8.33. The molecule has 312 valence electrons. The summed E-state index contributed by atoms with van der Waals surface area (Å²) in [5.74, 6) is -0.00125. The molecule has 17 heteroatoms. The zero-order valence-electron chi connectivity index (χ0n) is 34.1. The molecule has 2 N–H and O–H groups in total. The van der Waals surface area contributed by atoms with Gasteiger partial charge in [0, 0.05) is 42.3 Å². The minimum Gasteiger partial charge on any atom is -0.455 e. The van der Waals surface area contributed by atoms with E-state index in [1.54, 1.807) is 66.3 Å². The summed E-state index contributed by atoms with van der Waals surface area (Å²) >= 11 is 0.